The van der Waals surface area contributed by atoms with E-state index in [0.29, 0.717) is 16.9 Å². The molecule has 4 aliphatic rings. The van der Waals surface area contributed by atoms with Gasteiger partial charge in [0, 0.05) is 29.6 Å². The first-order chi connectivity index (χ1) is 17.5. The SMILES string of the molecule is C1CCC(NC2CCCCC2)CC1.O=C(O)C1=C(CO)CS[C@@H]2C(/N=C/c3ccccc3O)C(=O)N12. The van der Waals surface area contributed by atoms with E-state index in [2.05, 4.69) is 10.3 Å². The number of aliphatic imine (C=N–C) groups is 1. The molecule has 1 amide bonds. The zero-order chi connectivity index (χ0) is 25.5. The van der Waals surface area contributed by atoms with E-state index < -0.39 is 29.9 Å². The van der Waals surface area contributed by atoms with Crippen LogP contribution in [0.3, 0.4) is 0 Å². The molecule has 0 aromatic heterocycles. The lowest BCUT2D eigenvalue weighted by Crippen LogP contribution is -2.64. The standard InChI is InChI=1S/C15H14N2O5S.C12H23N/c18-6-9-7-23-14-11(13(20)17(14)12(9)15(21)22)16-5-8-3-1-2-4-10(8)19;1-3-7-11(8-4-1)13-12-9-5-2-6-10-12/h1-5,11,14,18-19H,6-7H2,(H,21,22);11-13H,1-10H2/b16-5+;/t11?,14-;/m1./s1. The average molecular weight is 516 g/mol. The minimum absolute atomic E-state index is 0.0601. The summed E-state index contributed by atoms with van der Waals surface area (Å²) in [7, 11) is 0. The number of thioether (sulfide) groups is 1. The van der Waals surface area contributed by atoms with E-state index >= 15 is 0 Å². The Hall–Kier alpha value is -2.36. The Labute approximate surface area is 216 Å². The summed E-state index contributed by atoms with van der Waals surface area (Å²) in [6, 6.07) is 7.66. The lowest BCUT2D eigenvalue weighted by molar-refractivity contribution is -0.147. The van der Waals surface area contributed by atoms with Gasteiger partial charge in [-0.05, 0) is 43.4 Å². The third-order valence-corrected chi connectivity index (χ3v) is 8.73. The highest BCUT2D eigenvalue weighted by Crippen LogP contribution is 2.41. The molecule has 1 aromatic carbocycles. The predicted molar refractivity (Wildman–Crippen MR) is 141 cm³/mol. The topological polar surface area (TPSA) is 122 Å². The molecule has 196 valence electrons. The van der Waals surface area contributed by atoms with Crippen LogP contribution in [0.2, 0.25) is 0 Å². The number of carboxylic acid groups (broad SMARTS) is 1. The fraction of sp³-hybridized carbons (Fsp3) is 0.593. The van der Waals surface area contributed by atoms with Gasteiger partial charge in [0.15, 0.2) is 6.04 Å². The van der Waals surface area contributed by atoms with Crippen LogP contribution in [0.4, 0.5) is 0 Å². The number of hydrogen-bond donors (Lipinski definition) is 4. The van der Waals surface area contributed by atoms with Crippen molar-refractivity contribution in [3.8, 4) is 5.75 Å². The van der Waals surface area contributed by atoms with E-state index in [1.54, 1.807) is 18.2 Å². The lowest BCUT2D eigenvalue weighted by atomic mass is 9.91. The Morgan fingerprint density at radius 2 is 1.67 bits per heavy atom. The molecular weight excluding hydrogens is 478 g/mol. The maximum Gasteiger partial charge on any atom is 0.352 e. The van der Waals surface area contributed by atoms with E-state index in [0.717, 1.165) is 12.1 Å². The second-order valence-electron chi connectivity index (χ2n) is 9.94. The highest BCUT2D eigenvalue weighted by molar-refractivity contribution is 8.00. The third kappa shape index (κ3) is 6.30. The number of amides is 1. The second kappa shape index (κ2) is 12.7. The Balaban J connectivity index is 0.000000197. The normalized spacial score (nSPS) is 25.2. The van der Waals surface area contributed by atoms with Crippen molar-refractivity contribution < 1.29 is 24.9 Å². The predicted octanol–water partition coefficient (Wildman–Crippen LogP) is 3.67. The lowest BCUT2D eigenvalue weighted by Gasteiger charge is -2.47. The number of phenols is 1. The smallest absolute Gasteiger partial charge is 0.352 e. The Kier molecular flexibility index (Phi) is 9.45. The second-order valence-corrected chi connectivity index (χ2v) is 11.0. The van der Waals surface area contributed by atoms with E-state index in [-0.39, 0.29) is 11.4 Å². The highest BCUT2D eigenvalue weighted by atomic mass is 32.2. The van der Waals surface area contributed by atoms with E-state index in [1.807, 2.05) is 0 Å². The maximum absolute atomic E-state index is 12.2. The number of phenolic OH excluding ortho intramolecular Hbond substituents is 1. The molecule has 3 fully saturated rings. The molecule has 0 bridgehead atoms. The van der Waals surface area contributed by atoms with Gasteiger partial charge in [0.1, 0.15) is 16.8 Å². The zero-order valence-corrected chi connectivity index (χ0v) is 21.5. The number of para-hydroxylation sites is 1. The fourth-order valence-electron chi connectivity index (χ4n) is 5.42. The molecule has 1 aromatic rings. The summed E-state index contributed by atoms with van der Waals surface area (Å²) >= 11 is 1.37. The van der Waals surface area contributed by atoms with Crippen LogP contribution in [-0.4, -0.2) is 74.2 Å². The summed E-state index contributed by atoms with van der Waals surface area (Å²) in [5, 5.41) is 31.7. The van der Waals surface area contributed by atoms with E-state index in [1.165, 1.54) is 93.2 Å². The Morgan fingerprint density at radius 1 is 1.06 bits per heavy atom. The van der Waals surface area contributed by atoms with E-state index in [9.17, 15) is 24.9 Å². The molecule has 2 aliphatic carbocycles. The number of carbonyl (C=O) groups excluding carboxylic acids is 1. The van der Waals surface area contributed by atoms with Crippen molar-refractivity contribution in [3.05, 3.63) is 41.1 Å². The van der Waals surface area contributed by atoms with Gasteiger partial charge in [-0.25, -0.2) is 4.79 Å². The van der Waals surface area contributed by atoms with Crippen molar-refractivity contribution in [1.29, 1.82) is 0 Å². The molecule has 5 rings (SSSR count). The number of fused-ring (bicyclic) bond motifs is 1. The first-order valence-electron chi connectivity index (χ1n) is 13.1. The summed E-state index contributed by atoms with van der Waals surface area (Å²) in [5.74, 6) is -1.24. The summed E-state index contributed by atoms with van der Waals surface area (Å²) in [6.07, 6.45) is 16.0. The van der Waals surface area contributed by atoms with Crippen LogP contribution in [0.25, 0.3) is 0 Å². The molecule has 1 saturated heterocycles. The number of nitrogens with one attached hydrogen (secondary N) is 1. The van der Waals surface area contributed by atoms with Crippen LogP contribution in [0.5, 0.6) is 5.75 Å². The van der Waals surface area contributed by atoms with Crippen LogP contribution < -0.4 is 5.32 Å². The molecule has 2 saturated carbocycles. The van der Waals surface area contributed by atoms with Crippen molar-refractivity contribution in [1.82, 2.24) is 10.2 Å². The first kappa shape index (κ1) is 26.7. The summed E-state index contributed by atoms with van der Waals surface area (Å²) < 4.78 is 0. The molecule has 4 N–H and O–H groups in total. The number of rotatable bonds is 6. The monoisotopic (exact) mass is 515 g/mol. The van der Waals surface area contributed by atoms with Crippen molar-refractivity contribution in [2.75, 3.05) is 12.4 Å². The average Bonchev–Trinajstić information content (AvgIpc) is 2.90. The summed E-state index contributed by atoms with van der Waals surface area (Å²) in [5.41, 5.74) is 0.676. The van der Waals surface area contributed by atoms with Gasteiger partial charge < -0.3 is 20.6 Å². The summed E-state index contributed by atoms with van der Waals surface area (Å²) in [6.45, 7) is -0.392. The Bertz CT molecular complexity index is 969. The number of carbonyl (C=O) groups is 2. The quantitative estimate of drug-likeness (QED) is 0.337. The molecule has 8 nitrogen and oxygen atoms in total. The number of β-lactam (4-membered cyclic amide) rings is 1. The van der Waals surface area contributed by atoms with Gasteiger partial charge in [0.2, 0.25) is 0 Å². The summed E-state index contributed by atoms with van der Waals surface area (Å²) in [4.78, 5) is 29.0. The van der Waals surface area contributed by atoms with E-state index in [4.69, 9.17) is 0 Å². The minimum atomic E-state index is -1.23. The Morgan fingerprint density at radius 3 is 2.22 bits per heavy atom. The molecule has 1 unspecified atom stereocenters. The van der Waals surface area contributed by atoms with Crippen LogP contribution in [0.1, 0.15) is 69.8 Å². The number of benzene rings is 1. The van der Waals surface area contributed by atoms with Gasteiger partial charge in [-0.3, -0.25) is 14.7 Å². The van der Waals surface area contributed by atoms with Crippen molar-refractivity contribution >= 4 is 29.9 Å². The van der Waals surface area contributed by atoms with Gasteiger partial charge in [-0.2, -0.15) is 0 Å². The van der Waals surface area contributed by atoms with Gasteiger partial charge in [-0.15, -0.1) is 11.8 Å². The number of aliphatic hydroxyl groups excluding tert-OH is 1. The molecule has 36 heavy (non-hydrogen) atoms. The van der Waals surface area contributed by atoms with Gasteiger partial charge >= 0.3 is 5.97 Å². The minimum Gasteiger partial charge on any atom is -0.507 e. The van der Waals surface area contributed by atoms with Gasteiger partial charge in [0.25, 0.3) is 5.91 Å². The molecule has 2 aliphatic heterocycles. The van der Waals surface area contributed by atoms with Crippen molar-refractivity contribution in [2.24, 2.45) is 4.99 Å². The number of nitrogens with zero attached hydrogens (tertiary/aromatic N) is 2. The van der Waals surface area contributed by atoms with Crippen molar-refractivity contribution in [3.63, 3.8) is 0 Å². The number of aliphatic carboxylic acids is 1. The van der Waals surface area contributed by atoms with Crippen LogP contribution in [0.15, 0.2) is 40.5 Å². The number of carboxylic acids is 1. The maximum atomic E-state index is 12.2. The largest absolute Gasteiger partial charge is 0.507 e. The first-order valence-corrected chi connectivity index (χ1v) is 14.1. The molecule has 2 atom stereocenters. The van der Waals surface area contributed by atoms with Crippen molar-refractivity contribution in [2.45, 2.75) is 87.7 Å². The molecular formula is C27H37N3O5S. The van der Waals surface area contributed by atoms with Crippen LogP contribution in [-0.2, 0) is 9.59 Å². The fourth-order valence-corrected chi connectivity index (χ4v) is 6.75. The molecule has 0 spiro atoms. The van der Waals surface area contributed by atoms with Crippen LogP contribution >= 0.6 is 11.8 Å². The van der Waals surface area contributed by atoms with Gasteiger partial charge in [0.05, 0.1) is 6.61 Å². The van der Waals surface area contributed by atoms with Crippen LogP contribution in [0, 0.1) is 0 Å². The molecule has 0 radical (unpaired) electrons. The zero-order valence-electron chi connectivity index (χ0n) is 20.6. The molecule has 9 heteroatoms. The van der Waals surface area contributed by atoms with Gasteiger partial charge in [-0.1, -0.05) is 50.7 Å². The molecule has 2 heterocycles. The highest BCUT2D eigenvalue weighted by Gasteiger charge is 2.53. The number of aromatic hydroxyl groups is 1. The number of hydrogen-bond acceptors (Lipinski definition) is 7. The number of aliphatic hydroxyl groups is 1. The third-order valence-electron chi connectivity index (χ3n) is 7.41.